The van der Waals surface area contributed by atoms with E-state index in [0.717, 1.165) is 0 Å². The van der Waals surface area contributed by atoms with E-state index < -0.39 is 18.0 Å². The van der Waals surface area contributed by atoms with Crippen LogP contribution >= 0.6 is 0 Å². The van der Waals surface area contributed by atoms with Crippen molar-refractivity contribution in [1.29, 1.82) is 0 Å². The minimum atomic E-state index is -1.13. The Hall–Kier alpha value is -2.89. The molecule has 2 aromatic rings. The van der Waals surface area contributed by atoms with Crippen LogP contribution in [0.4, 0.5) is 10.5 Å². The van der Waals surface area contributed by atoms with Gasteiger partial charge < -0.3 is 15.7 Å². The molecule has 0 aliphatic carbocycles. The number of carboxylic acids is 1. The number of rotatable bonds is 4. The van der Waals surface area contributed by atoms with Gasteiger partial charge in [0.1, 0.15) is 0 Å². The minimum Gasteiger partial charge on any atom is -0.479 e. The Balaban J connectivity index is 2.10. The standard InChI is InChI=1S/C15H15N3O3/c1-10-12(8-5-9-16-10)17-15(21)18-13(14(19)20)11-6-3-2-4-7-11/h2-9,13H,1H3,(H,19,20)(H2,17,18,21). The minimum absolute atomic E-state index is 0.503. The van der Waals surface area contributed by atoms with Crippen molar-refractivity contribution in [3.8, 4) is 0 Å². The van der Waals surface area contributed by atoms with Gasteiger partial charge in [0.2, 0.25) is 0 Å². The smallest absolute Gasteiger partial charge is 0.330 e. The van der Waals surface area contributed by atoms with Crippen LogP contribution in [0.15, 0.2) is 48.7 Å². The summed E-state index contributed by atoms with van der Waals surface area (Å²) in [5, 5.41) is 14.3. The van der Waals surface area contributed by atoms with Crippen LogP contribution in [0.1, 0.15) is 17.3 Å². The van der Waals surface area contributed by atoms with Gasteiger partial charge in [0.15, 0.2) is 6.04 Å². The predicted octanol–water partition coefficient (Wildman–Crippen LogP) is 2.34. The highest BCUT2D eigenvalue weighted by Crippen LogP contribution is 2.14. The number of carbonyl (C=O) groups excluding carboxylic acids is 1. The normalized spacial score (nSPS) is 11.5. The van der Waals surface area contributed by atoms with Crippen LogP contribution in [-0.4, -0.2) is 22.1 Å². The van der Waals surface area contributed by atoms with Gasteiger partial charge in [-0.2, -0.15) is 0 Å². The second kappa shape index (κ2) is 6.51. The molecule has 0 radical (unpaired) electrons. The number of aryl methyl sites for hydroxylation is 1. The molecule has 0 fully saturated rings. The SMILES string of the molecule is Cc1ncccc1NC(=O)NC(C(=O)O)c1ccccc1. The Labute approximate surface area is 121 Å². The van der Waals surface area contributed by atoms with E-state index >= 15 is 0 Å². The maximum Gasteiger partial charge on any atom is 0.330 e. The zero-order valence-corrected chi connectivity index (χ0v) is 11.4. The van der Waals surface area contributed by atoms with Gasteiger partial charge in [-0.15, -0.1) is 0 Å². The molecule has 1 aromatic heterocycles. The zero-order valence-electron chi connectivity index (χ0n) is 11.4. The average molecular weight is 285 g/mol. The number of urea groups is 1. The maximum atomic E-state index is 11.9. The quantitative estimate of drug-likeness (QED) is 0.804. The molecule has 1 atom stereocenters. The van der Waals surface area contributed by atoms with Crippen molar-refractivity contribution in [2.75, 3.05) is 5.32 Å². The number of aliphatic carboxylic acids is 1. The second-order valence-electron chi connectivity index (χ2n) is 4.42. The lowest BCUT2D eigenvalue weighted by Crippen LogP contribution is -2.36. The fraction of sp³-hybridized carbons (Fsp3) is 0.133. The van der Waals surface area contributed by atoms with Gasteiger partial charge in [-0.1, -0.05) is 30.3 Å². The van der Waals surface area contributed by atoms with Crippen molar-refractivity contribution >= 4 is 17.7 Å². The molecule has 0 aliphatic rings. The molecular formula is C15H15N3O3. The number of amides is 2. The van der Waals surface area contributed by atoms with Gasteiger partial charge >= 0.3 is 12.0 Å². The second-order valence-corrected chi connectivity index (χ2v) is 4.42. The third kappa shape index (κ3) is 3.79. The number of carboxylic acid groups (broad SMARTS) is 1. The lowest BCUT2D eigenvalue weighted by atomic mass is 10.1. The Morgan fingerprint density at radius 1 is 1.14 bits per heavy atom. The summed E-state index contributed by atoms with van der Waals surface area (Å²) in [4.78, 5) is 27.3. The number of aromatic nitrogens is 1. The highest BCUT2D eigenvalue weighted by atomic mass is 16.4. The molecule has 2 rings (SSSR count). The van der Waals surface area contributed by atoms with Crippen LogP contribution in [0, 0.1) is 6.92 Å². The van der Waals surface area contributed by atoms with E-state index in [-0.39, 0.29) is 0 Å². The Bertz CT molecular complexity index is 644. The van der Waals surface area contributed by atoms with Crippen molar-refractivity contribution in [1.82, 2.24) is 10.3 Å². The van der Waals surface area contributed by atoms with E-state index in [1.54, 1.807) is 55.6 Å². The van der Waals surface area contributed by atoms with Crippen molar-refractivity contribution < 1.29 is 14.7 Å². The molecule has 2 amide bonds. The molecule has 1 aromatic carbocycles. The van der Waals surface area contributed by atoms with Gasteiger partial charge in [0.25, 0.3) is 0 Å². The number of nitrogens with one attached hydrogen (secondary N) is 2. The van der Waals surface area contributed by atoms with Crippen molar-refractivity contribution in [2.45, 2.75) is 13.0 Å². The summed E-state index contributed by atoms with van der Waals surface area (Å²) in [6.45, 7) is 1.75. The monoisotopic (exact) mass is 285 g/mol. The molecule has 0 aliphatic heterocycles. The largest absolute Gasteiger partial charge is 0.479 e. The molecule has 3 N–H and O–H groups in total. The van der Waals surface area contributed by atoms with Crippen LogP contribution in [0.25, 0.3) is 0 Å². The zero-order chi connectivity index (χ0) is 15.2. The predicted molar refractivity (Wildman–Crippen MR) is 77.9 cm³/mol. The van der Waals surface area contributed by atoms with Gasteiger partial charge in [0, 0.05) is 6.20 Å². The summed E-state index contributed by atoms with van der Waals surface area (Å²) in [6.07, 6.45) is 1.61. The molecule has 1 heterocycles. The van der Waals surface area contributed by atoms with Crippen molar-refractivity contribution in [2.24, 2.45) is 0 Å². The summed E-state index contributed by atoms with van der Waals surface area (Å²) in [5.74, 6) is -1.13. The fourth-order valence-electron chi connectivity index (χ4n) is 1.84. The van der Waals surface area contributed by atoms with Crippen LogP contribution in [0.5, 0.6) is 0 Å². The number of benzene rings is 1. The van der Waals surface area contributed by atoms with Crippen LogP contribution in [0.2, 0.25) is 0 Å². The maximum absolute atomic E-state index is 11.9. The summed E-state index contributed by atoms with van der Waals surface area (Å²) in [6, 6.07) is 10.2. The van der Waals surface area contributed by atoms with Crippen LogP contribution in [-0.2, 0) is 4.79 Å². The van der Waals surface area contributed by atoms with E-state index in [0.29, 0.717) is 16.9 Å². The number of hydrogen-bond acceptors (Lipinski definition) is 3. The molecule has 1 unspecified atom stereocenters. The molecule has 0 saturated heterocycles. The summed E-state index contributed by atoms with van der Waals surface area (Å²) in [5.41, 5.74) is 1.69. The first-order valence-electron chi connectivity index (χ1n) is 6.35. The fourth-order valence-corrected chi connectivity index (χ4v) is 1.84. The third-order valence-corrected chi connectivity index (χ3v) is 2.91. The summed E-state index contributed by atoms with van der Waals surface area (Å²) in [7, 11) is 0. The van der Waals surface area contributed by atoms with Gasteiger partial charge in [-0.25, -0.2) is 9.59 Å². The number of carbonyl (C=O) groups is 2. The number of nitrogens with zero attached hydrogens (tertiary/aromatic N) is 1. The summed E-state index contributed by atoms with van der Waals surface area (Å²) >= 11 is 0. The molecule has 0 saturated carbocycles. The van der Waals surface area contributed by atoms with Crippen molar-refractivity contribution in [3.05, 3.63) is 59.9 Å². The molecule has 108 valence electrons. The first-order chi connectivity index (χ1) is 10.1. The number of pyridine rings is 1. The van der Waals surface area contributed by atoms with E-state index in [4.69, 9.17) is 0 Å². The van der Waals surface area contributed by atoms with E-state index in [9.17, 15) is 14.7 Å². The average Bonchev–Trinajstić information content (AvgIpc) is 2.48. The summed E-state index contributed by atoms with van der Waals surface area (Å²) < 4.78 is 0. The number of anilines is 1. The van der Waals surface area contributed by atoms with E-state index in [2.05, 4.69) is 15.6 Å². The first-order valence-corrected chi connectivity index (χ1v) is 6.35. The Morgan fingerprint density at radius 3 is 2.48 bits per heavy atom. The lowest BCUT2D eigenvalue weighted by Gasteiger charge is -2.16. The highest BCUT2D eigenvalue weighted by Gasteiger charge is 2.21. The third-order valence-electron chi connectivity index (χ3n) is 2.91. The Morgan fingerprint density at radius 2 is 1.86 bits per heavy atom. The molecular weight excluding hydrogens is 270 g/mol. The molecule has 6 nitrogen and oxygen atoms in total. The van der Waals surface area contributed by atoms with Gasteiger partial charge in [0.05, 0.1) is 11.4 Å². The van der Waals surface area contributed by atoms with Crippen molar-refractivity contribution in [3.63, 3.8) is 0 Å². The molecule has 0 spiro atoms. The van der Waals surface area contributed by atoms with Gasteiger partial charge in [-0.3, -0.25) is 4.98 Å². The lowest BCUT2D eigenvalue weighted by molar-refractivity contribution is -0.139. The van der Waals surface area contributed by atoms with E-state index in [1.807, 2.05) is 0 Å². The molecule has 6 heteroatoms. The topological polar surface area (TPSA) is 91.3 Å². The van der Waals surface area contributed by atoms with E-state index in [1.165, 1.54) is 0 Å². The van der Waals surface area contributed by atoms with Gasteiger partial charge in [-0.05, 0) is 24.6 Å². The molecule has 0 bridgehead atoms. The van der Waals surface area contributed by atoms with Crippen LogP contribution in [0.3, 0.4) is 0 Å². The highest BCUT2D eigenvalue weighted by molar-refractivity contribution is 5.92. The first kappa shape index (κ1) is 14.5. The Kier molecular flexibility index (Phi) is 4.50. The molecule has 21 heavy (non-hydrogen) atoms. The van der Waals surface area contributed by atoms with Crippen LogP contribution < -0.4 is 10.6 Å². The number of hydrogen-bond donors (Lipinski definition) is 3.